The van der Waals surface area contributed by atoms with Crippen LogP contribution in [0, 0.1) is 11.8 Å². The summed E-state index contributed by atoms with van der Waals surface area (Å²) in [6.45, 7) is 0.499. The number of carbonyl (C=O) groups is 2. The van der Waals surface area contributed by atoms with Crippen molar-refractivity contribution in [3.63, 3.8) is 0 Å². The molecule has 0 spiro atoms. The molecule has 2 fully saturated rings. The van der Waals surface area contributed by atoms with Crippen molar-refractivity contribution in [3.05, 3.63) is 0 Å². The van der Waals surface area contributed by atoms with Gasteiger partial charge in [0.2, 0.25) is 0 Å². The lowest BCUT2D eigenvalue weighted by Gasteiger charge is -2.24. The molecule has 2 rings (SSSR count). The molecule has 4 atom stereocenters. The number of carboxylic acid groups (broad SMARTS) is 1. The first kappa shape index (κ1) is 15.1. The fourth-order valence-electron chi connectivity index (χ4n) is 3.48. The number of hydrogen-bond acceptors (Lipinski definition) is 3. The van der Waals surface area contributed by atoms with Crippen LogP contribution in [0.25, 0.3) is 0 Å². The SMILES string of the molecule is COCCCC(NC(=O)NC1CC2CCC1C2)C(=O)O. The third-order valence-corrected chi connectivity index (χ3v) is 4.50. The van der Waals surface area contributed by atoms with E-state index < -0.39 is 12.0 Å². The zero-order valence-corrected chi connectivity index (χ0v) is 11.9. The highest BCUT2D eigenvalue weighted by Crippen LogP contribution is 2.44. The first-order valence-corrected chi connectivity index (χ1v) is 7.39. The second-order valence-electron chi connectivity index (χ2n) is 5.93. The quantitative estimate of drug-likeness (QED) is 0.616. The van der Waals surface area contributed by atoms with Crippen LogP contribution in [0.4, 0.5) is 4.79 Å². The van der Waals surface area contributed by atoms with Gasteiger partial charge in [-0.1, -0.05) is 6.42 Å². The summed E-state index contributed by atoms with van der Waals surface area (Å²) in [5.41, 5.74) is 0. The normalized spacial score (nSPS) is 29.1. The Bertz CT molecular complexity index is 361. The van der Waals surface area contributed by atoms with Gasteiger partial charge in [0.05, 0.1) is 0 Å². The standard InChI is InChI=1S/C14H24N2O4/c1-20-6-2-3-11(13(17)18)15-14(19)16-12-8-9-4-5-10(12)7-9/h9-12H,2-8H2,1H3,(H,17,18)(H2,15,16,19). The highest BCUT2D eigenvalue weighted by molar-refractivity contribution is 5.82. The number of hydrogen-bond donors (Lipinski definition) is 3. The molecule has 0 aromatic rings. The summed E-state index contributed by atoms with van der Waals surface area (Å²) in [6, 6.07) is -0.974. The first-order valence-electron chi connectivity index (χ1n) is 7.39. The minimum absolute atomic E-state index is 0.224. The van der Waals surface area contributed by atoms with Gasteiger partial charge in [0.1, 0.15) is 6.04 Å². The second kappa shape index (κ2) is 6.92. The average molecular weight is 284 g/mol. The van der Waals surface area contributed by atoms with E-state index in [1.54, 1.807) is 7.11 Å². The van der Waals surface area contributed by atoms with Gasteiger partial charge < -0.3 is 20.5 Å². The number of carbonyl (C=O) groups excluding carboxylic acids is 1. The number of fused-ring (bicyclic) bond motifs is 2. The second-order valence-corrected chi connectivity index (χ2v) is 5.93. The molecule has 3 N–H and O–H groups in total. The van der Waals surface area contributed by atoms with E-state index in [0.29, 0.717) is 25.4 Å². The molecule has 2 saturated carbocycles. The molecule has 0 radical (unpaired) electrons. The zero-order valence-electron chi connectivity index (χ0n) is 11.9. The van der Waals surface area contributed by atoms with E-state index in [4.69, 9.17) is 9.84 Å². The van der Waals surface area contributed by atoms with Crippen molar-refractivity contribution in [3.8, 4) is 0 Å². The Morgan fingerprint density at radius 2 is 2.15 bits per heavy atom. The van der Waals surface area contributed by atoms with Crippen LogP contribution in [0.3, 0.4) is 0 Å². The first-order chi connectivity index (χ1) is 9.60. The molecule has 20 heavy (non-hydrogen) atoms. The van der Waals surface area contributed by atoms with Gasteiger partial charge in [0, 0.05) is 19.8 Å². The molecule has 4 unspecified atom stereocenters. The number of ether oxygens (including phenoxy) is 1. The predicted molar refractivity (Wildman–Crippen MR) is 73.4 cm³/mol. The third kappa shape index (κ3) is 3.85. The molecule has 0 saturated heterocycles. The number of nitrogens with one attached hydrogen (secondary N) is 2. The Labute approximate surface area is 119 Å². The summed E-state index contributed by atoms with van der Waals surface area (Å²) in [5, 5.41) is 14.6. The minimum atomic E-state index is -0.996. The van der Waals surface area contributed by atoms with Gasteiger partial charge in [-0.2, -0.15) is 0 Å². The van der Waals surface area contributed by atoms with Crippen LogP contribution >= 0.6 is 0 Å². The van der Waals surface area contributed by atoms with Gasteiger partial charge >= 0.3 is 12.0 Å². The maximum Gasteiger partial charge on any atom is 0.326 e. The lowest BCUT2D eigenvalue weighted by Crippen LogP contribution is -2.50. The van der Waals surface area contributed by atoms with E-state index in [-0.39, 0.29) is 12.1 Å². The van der Waals surface area contributed by atoms with Crippen LogP contribution < -0.4 is 10.6 Å². The average Bonchev–Trinajstić information content (AvgIpc) is 2.99. The van der Waals surface area contributed by atoms with Gasteiger partial charge in [-0.25, -0.2) is 9.59 Å². The summed E-state index contributed by atoms with van der Waals surface area (Å²) in [5.74, 6) is 0.342. The highest BCUT2D eigenvalue weighted by atomic mass is 16.5. The van der Waals surface area contributed by atoms with E-state index >= 15 is 0 Å². The fraction of sp³-hybridized carbons (Fsp3) is 0.857. The van der Waals surface area contributed by atoms with Gasteiger partial charge in [-0.05, 0) is 43.9 Å². The van der Waals surface area contributed by atoms with Crippen molar-refractivity contribution in [1.82, 2.24) is 10.6 Å². The fourth-order valence-corrected chi connectivity index (χ4v) is 3.48. The highest BCUT2D eigenvalue weighted by Gasteiger charge is 2.40. The number of methoxy groups -OCH3 is 1. The van der Waals surface area contributed by atoms with Crippen LogP contribution in [0.1, 0.15) is 38.5 Å². The Morgan fingerprint density at radius 1 is 1.35 bits per heavy atom. The summed E-state index contributed by atoms with van der Waals surface area (Å²) in [6.07, 6.45) is 5.71. The Kier molecular flexibility index (Phi) is 5.23. The Morgan fingerprint density at radius 3 is 2.70 bits per heavy atom. The molecule has 2 aliphatic rings. The van der Waals surface area contributed by atoms with E-state index in [2.05, 4.69) is 10.6 Å². The maximum absolute atomic E-state index is 11.9. The largest absolute Gasteiger partial charge is 0.480 e. The zero-order chi connectivity index (χ0) is 14.5. The van der Waals surface area contributed by atoms with E-state index in [1.165, 1.54) is 19.3 Å². The van der Waals surface area contributed by atoms with Crippen molar-refractivity contribution in [2.24, 2.45) is 11.8 Å². The molecule has 0 aromatic heterocycles. The maximum atomic E-state index is 11.9. The molecular formula is C14H24N2O4. The molecule has 6 nitrogen and oxygen atoms in total. The molecular weight excluding hydrogens is 260 g/mol. The molecule has 0 aliphatic heterocycles. The van der Waals surface area contributed by atoms with Crippen molar-refractivity contribution in [2.45, 2.75) is 50.6 Å². The monoisotopic (exact) mass is 284 g/mol. The summed E-state index contributed by atoms with van der Waals surface area (Å²) in [7, 11) is 1.57. The molecule has 0 heterocycles. The van der Waals surface area contributed by atoms with E-state index in [9.17, 15) is 9.59 Å². The summed E-state index contributed by atoms with van der Waals surface area (Å²) in [4.78, 5) is 23.0. The predicted octanol–water partition coefficient (Wildman–Crippen LogP) is 1.35. The smallest absolute Gasteiger partial charge is 0.326 e. The Balaban J connectivity index is 1.75. The van der Waals surface area contributed by atoms with Crippen molar-refractivity contribution in [2.75, 3.05) is 13.7 Å². The summed E-state index contributed by atoms with van der Waals surface area (Å²) < 4.78 is 4.90. The lowest BCUT2D eigenvalue weighted by molar-refractivity contribution is -0.139. The van der Waals surface area contributed by atoms with Crippen molar-refractivity contribution >= 4 is 12.0 Å². The van der Waals surface area contributed by atoms with Crippen LogP contribution in [0.5, 0.6) is 0 Å². The molecule has 6 heteroatoms. The van der Waals surface area contributed by atoms with E-state index in [0.717, 1.165) is 12.3 Å². The van der Waals surface area contributed by atoms with Crippen LogP contribution in [0.2, 0.25) is 0 Å². The van der Waals surface area contributed by atoms with Crippen LogP contribution in [0.15, 0.2) is 0 Å². The molecule has 2 amide bonds. The lowest BCUT2D eigenvalue weighted by atomic mass is 9.95. The molecule has 114 valence electrons. The van der Waals surface area contributed by atoms with Gasteiger partial charge in [-0.3, -0.25) is 0 Å². The van der Waals surface area contributed by atoms with Crippen LogP contribution in [-0.4, -0.2) is 42.9 Å². The van der Waals surface area contributed by atoms with E-state index in [1.807, 2.05) is 0 Å². The number of aliphatic carboxylic acids is 1. The molecule has 0 aromatic carbocycles. The van der Waals surface area contributed by atoms with Gasteiger partial charge in [0.25, 0.3) is 0 Å². The number of rotatable bonds is 7. The van der Waals surface area contributed by atoms with Gasteiger partial charge in [-0.15, -0.1) is 0 Å². The number of amides is 2. The van der Waals surface area contributed by atoms with Gasteiger partial charge in [0.15, 0.2) is 0 Å². The van der Waals surface area contributed by atoms with Crippen molar-refractivity contribution in [1.29, 1.82) is 0 Å². The minimum Gasteiger partial charge on any atom is -0.480 e. The Hall–Kier alpha value is -1.30. The molecule has 2 aliphatic carbocycles. The summed E-state index contributed by atoms with van der Waals surface area (Å²) >= 11 is 0. The topological polar surface area (TPSA) is 87.7 Å². The third-order valence-electron chi connectivity index (χ3n) is 4.50. The molecule has 2 bridgehead atoms. The number of urea groups is 1. The van der Waals surface area contributed by atoms with Crippen LogP contribution in [-0.2, 0) is 9.53 Å². The number of carboxylic acids is 1. The van der Waals surface area contributed by atoms with Crippen molar-refractivity contribution < 1.29 is 19.4 Å².